The molecule has 2 rings (SSSR count). The van der Waals surface area contributed by atoms with E-state index in [-0.39, 0.29) is 18.3 Å². The zero-order valence-electron chi connectivity index (χ0n) is 11.7. The number of amides is 1. The Morgan fingerprint density at radius 2 is 2.19 bits per heavy atom. The van der Waals surface area contributed by atoms with Gasteiger partial charge in [0.05, 0.1) is 12.7 Å². The molecule has 1 aromatic heterocycles. The molecule has 1 aromatic carbocycles. The Kier molecular flexibility index (Phi) is 4.55. The number of aryl methyl sites for hydroxylation is 1. The Hall–Kier alpha value is -2.39. The first-order chi connectivity index (χ1) is 10.1. The Morgan fingerprint density at radius 1 is 1.43 bits per heavy atom. The lowest BCUT2D eigenvalue weighted by Crippen LogP contribution is -2.09. The fourth-order valence-electron chi connectivity index (χ4n) is 1.97. The maximum Gasteiger partial charge on any atom is 0.348 e. The lowest BCUT2D eigenvalue weighted by atomic mass is 10.1. The van der Waals surface area contributed by atoms with E-state index >= 15 is 0 Å². The molecule has 0 saturated heterocycles. The fraction of sp³-hybridized carbons (Fsp3) is 0.267. The number of carbonyl (C=O) groups is 2. The average Bonchev–Trinajstić information content (AvgIpc) is 2.77. The Balaban J connectivity index is 2.35. The number of ether oxygens (including phenoxy) is 1. The number of carbonyl (C=O) groups excluding carboxylic acids is 2. The largest absolute Gasteiger partial charge is 0.462 e. The van der Waals surface area contributed by atoms with Crippen molar-refractivity contribution in [1.82, 2.24) is 0 Å². The Morgan fingerprint density at radius 3 is 2.86 bits per heavy atom. The summed E-state index contributed by atoms with van der Waals surface area (Å²) in [5.41, 5.74) is 1.45. The van der Waals surface area contributed by atoms with Gasteiger partial charge in [-0.2, -0.15) is 5.26 Å². The van der Waals surface area contributed by atoms with Crippen LogP contribution >= 0.6 is 11.3 Å². The third kappa shape index (κ3) is 3.20. The van der Waals surface area contributed by atoms with E-state index in [1.807, 2.05) is 13.0 Å². The van der Waals surface area contributed by atoms with Crippen molar-refractivity contribution in [2.45, 2.75) is 20.3 Å². The number of benzene rings is 1. The average molecular weight is 302 g/mol. The molecule has 0 aliphatic heterocycles. The normalized spacial score (nSPS) is 10.1. The van der Waals surface area contributed by atoms with Gasteiger partial charge in [-0.1, -0.05) is 0 Å². The number of thiophene rings is 1. The first kappa shape index (κ1) is 15.0. The number of hydrogen-bond donors (Lipinski definition) is 1. The molecular weight excluding hydrogens is 288 g/mol. The van der Waals surface area contributed by atoms with Gasteiger partial charge < -0.3 is 10.1 Å². The van der Waals surface area contributed by atoms with E-state index in [1.54, 1.807) is 25.1 Å². The molecule has 0 aliphatic rings. The van der Waals surface area contributed by atoms with Gasteiger partial charge in [-0.15, -0.1) is 11.3 Å². The first-order valence-electron chi connectivity index (χ1n) is 6.44. The molecule has 0 bridgehead atoms. The molecule has 0 spiro atoms. The van der Waals surface area contributed by atoms with Crippen molar-refractivity contribution in [2.24, 2.45) is 0 Å². The summed E-state index contributed by atoms with van der Waals surface area (Å²) in [6, 6.07) is 7.20. The molecule has 1 amide bonds. The summed E-state index contributed by atoms with van der Waals surface area (Å²) in [7, 11) is 0. The lowest BCUT2D eigenvalue weighted by molar-refractivity contribution is -0.115. The summed E-state index contributed by atoms with van der Waals surface area (Å²) < 4.78 is 5.98. The van der Waals surface area contributed by atoms with Gasteiger partial charge in [-0.3, -0.25) is 4.79 Å². The first-order valence-corrected chi connectivity index (χ1v) is 7.25. The number of esters is 1. The van der Waals surface area contributed by atoms with Gasteiger partial charge >= 0.3 is 5.97 Å². The maximum atomic E-state index is 11.9. The molecule has 5 nitrogen and oxygen atoms in total. The molecule has 0 unspecified atom stereocenters. The third-order valence-electron chi connectivity index (χ3n) is 2.92. The Labute approximate surface area is 126 Å². The molecule has 6 heteroatoms. The van der Waals surface area contributed by atoms with E-state index in [0.29, 0.717) is 17.2 Å². The lowest BCUT2D eigenvalue weighted by Gasteiger charge is -2.03. The van der Waals surface area contributed by atoms with Crippen molar-refractivity contribution >= 4 is 39.0 Å². The van der Waals surface area contributed by atoms with Gasteiger partial charge in [0.2, 0.25) is 5.91 Å². The highest BCUT2D eigenvalue weighted by atomic mass is 32.1. The molecule has 2 aromatic rings. The highest BCUT2D eigenvalue weighted by molar-refractivity contribution is 7.21. The third-order valence-corrected chi connectivity index (χ3v) is 4.17. The van der Waals surface area contributed by atoms with E-state index < -0.39 is 0 Å². The summed E-state index contributed by atoms with van der Waals surface area (Å²) in [4.78, 5) is 23.9. The van der Waals surface area contributed by atoms with E-state index in [9.17, 15) is 9.59 Å². The minimum atomic E-state index is -0.352. The van der Waals surface area contributed by atoms with Crippen LogP contribution in [0.5, 0.6) is 0 Å². The predicted molar refractivity (Wildman–Crippen MR) is 81.4 cm³/mol. The molecule has 0 radical (unpaired) electrons. The van der Waals surface area contributed by atoms with Gasteiger partial charge in [0.15, 0.2) is 0 Å². The quantitative estimate of drug-likeness (QED) is 0.879. The molecule has 0 fully saturated rings. The maximum absolute atomic E-state index is 11.9. The van der Waals surface area contributed by atoms with Crippen LogP contribution < -0.4 is 5.32 Å². The summed E-state index contributed by atoms with van der Waals surface area (Å²) in [5, 5.41) is 12.0. The van der Waals surface area contributed by atoms with Gasteiger partial charge in [0.25, 0.3) is 0 Å². The number of nitrogens with zero attached hydrogens (tertiary/aromatic N) is 1. The summed E-state index contributed by atoms with van der Waals surface area (Å²) in [6.45, 7) is 3.96. The fourth-order valence-corrected chi connectivity index (χ4v) is 3.05. The van der Waals surface area contributed by atoms with Crippen LogP contribution in [0.4, 0.5) is 5.69 Å². The van der Waals surface area contributed by atoms with Crippen LogP contribution in [0, 0.1) is 18.3 Å². The van der Waals surface area contributed by atoms with Crippen molar-refractivity contribution < 1.29 is 14.3 Å². The van der Waals surface area contributed by atoms with Gasteiger partial charge in [-0.25, -0.2) is 4.79 Å². The van der Waals surface area contributed by atoms with Crippen LogP contribution in [0.2, 0.25) is 0 Å². The van der Waals surface area contributed by atoms with Gasteiger partial charge in [0.1, 0.15) is 11.3 Å². The molecule has 0 aliphatic carbocycles. The van der Waals surface area contributed by atoms with E-state index in [1.165, 1.54) is 11.3 Å². The predicted octanol–water partition coefficient (Wildman–Crippen LogP) is 3.24. The second-order valence-corrected chi connectivity index (χ2v) is 5.42. The van der Waals surface area contributed by atoms with Crippen LogP contribution in [-0.2, 0) is 9.53 Å². The number of rotatable bonds is 4. The molecule has 1 N–H and O–H groups in total. The zero-order chi connectivity index (χ0) is 15.4. The topological polar surface area (TPSA) is 79.2 Å². The van der Waals surface area contributed by atoms with Crippen molar-refractivity contribution in [3.05, 3.63) is 28.6 Å². The minimum absolute atomic E-state index is 0.186. The van der Waals surface area contributed by atoms with Crippen LogP contribution in [0.3, 0.4) is 0 Å². The standard InChI is InChI=1S/C15H14N2O3S/c1-3-20-15(19)14-9(2)11-8-10(4-5-12(11)21-14)17-13(18)6-7-16/h4-5,8H,3,6H2,1-2H3,(H,17,18). The number of hydrogen-bond acceptors (Lipinski definition) is 5. The Bertz CT molecular complexity index is 743. The highest BCUT2D eigenvalue weighted by Crippen LogP contribution is 2.33. The van der Waals surface area contributed by atoms with E-state index in [0.717, 1.165) is 15.6 Å². The van der Waals surface area contributed by atoms with E-state index in [4.69, 9.17) is 10.00 Å². The van der Waals surface area contributed by atoms with Crippen LogP contribution in [0.15, 0.2) is 18.2 Å². The number of nitriles is 1. The van der Waals surface area contributed by atoms with Crippen LogP contribution in [0.25, 0.3) is 10.1 Å². The summed E-state index contributed by atoms with van der Waals surface area (Å²) >= 11 is 1.37. The van der Waals surface area contributed by atoms with Gasteiger partial charge in [-0.05, 0) is 43.0 Å². The van der Waals surface area contributed by atoms with Crippen LogP contribution in [0.1, 0.15) is 28.6 Å². The van der Waals surface area contributed by atoms with Crippen LogP contribution in [-0.4, -0.2) is 18.5 Å². The van der Waals surface area contributed by atoms with Crippen molar-refractivity contribution in [2.75, 3.05) is 11.9 Å². The van der Waals surface area contributed by atoms with Gasteiger partial charge in [0, 0.05) is 10.4 Å². The molecule has 21 heavy (non-hydrogen) atoms. The second kappa shape index (κ2) is 6.37. The second-order valence-electron chi connectivity index (χ2n) is 4.37. The smallest absolute Gasteiger partial charge is 0.348 e. The minimum Gasteiger partial charge on any atom is -0.462 e. The number of nitrogens with one attached hydrogen (secondary N) is 1. The summed E-state index contributed by atoms with van der Waals surface area (Å²) in [5.74, 6) is -0.679. The van der Waals surface area contributed by atoms with Crippen molar-refractivity contribution in [3.63, 3.8) is 0 Å². The molecule has 0 saturated carbocycles. The molecule has 1 heterocycles. The number of fused-ring (bicyclic) bond motifs is 1. The van der Waals surface area contributed by atoms with Crippen molar-refractivity contribution in [1.29, 1.82) is 5.26 Å². The number of anilines is 1. The molecule has 108 valence electrons. The molecule has 0 atom stereocenters. The summed E-state index contributed by atoms with van der Waals surface area (Å²) in [6.07, 6.45) is -0.186. The SMILES string of the molecule is CCOC(=O)c1sc2ccc(NC(=O)CC#N)cc2c1C. The monoisotopic (exact) mass is 302 g/mol. The zero-order valence-corrected chi connectivity index (χ0v) is 12.5. The molecular formula is C15H14N2O3S. The van der Waals surface area contributed by atoms with Crippen molar-refractivity contribution in [3.8, 4) is 6.07 Å². The van der Waals surface area contributed by atoms with E-state index in [2.05, 4.69) is 5.32 Å². The highest BCUT2D eigenvalue weighted by Gasteiger charge is 2.16.